The summed E-state index contributed by atoms with van der Waals surface area (Å²) in [4.78, 5) is 0. The molecule has 0 aliphatic rings. The van der Waals surface area contributed by atoms with Crippen LogP contribution in [0.4, 0.5) is 0 Å². The third-order valence-corrected chi connectivity index (χ3v) is 3.04. The third-order valence-electron chi connectivity index (χ3n) is 3.04. The smallest absolute Gasteiger partial charge is 0.119 e. The Morgan fingerprint density at radius 3 is 2.33 bits per heavy atom. The second kappa shape index (κ2) is 8.15. The van der Waals surface area contributed by atoms with Crippen LogP contribution in [0.2, 0.25) is 0 Å². The van der Waals surface area contributed by atoms with Crippen LogP contribution in [0.5, 0.6) is 5.75 Å². The van der Waals surface area contributed by atoms with Gasteiger partial charge in [-0.25, -0.2) is 0 Å². The second-order valence-electron chi connectivity index (χ2n) is 5.28. The molecule has 0 saturated carbocycles. The van der Waals surface area contributed by atoms with E-state index in [0.29, 0.717) is 12.0 Å². The molecule has 1 unspecified atom stereocenters. The van der Waals surface area contributed by atoms with Gasteiger partial charge in [-0.15, -0.1) is 0 Å². The molecule has 2 heteroatoms. The summed E-state index contributed by atoms with van der Waals surface area (Å²) in [6.45, 7) is 10.7. The first kappa shape index (κ1) is 15.0. The summed E-state index contributed by atoms with van der Waals surface area (Å²) in [7, 11) is 0. The van der Waals surface area contributed by atoms with Gasteiger partial charge in [0.1, 0.15) is 5.75 Å². The van der Waals surface area contributed by atoms with Crippen molar-refractivity contribution in [2.24, 2.45) is 5.92 Å². The first-order valence-electron chi connectivity index (χ1n) is 7.09. The van der Waals surface area contributed by atoms with Crippen molar-refractivity contribution in [1.82, 2.24) is 5.32 Å². The SMILES string of the molecule is CCCNC(C)c1ccc(OCCC(C)C)cc1. The fourth-order valence-corrected chi connectivity index (χ4v) is 1.74. The molecule has 0 amide bonds. The number of ether oxygens (including phenoxy) is 1. The van der Waals surface area contributed by atoms with Crippen molar-refractivity contribution in [3.63, 3.8) is 0 Å². The molecule has 102 valence electrons. The van der Waals surface area contributed by atoms with Crippen LogP contribution in [0, 0.1) is 5.92 Å². The van der Waals surface area contributed by atoms with Gasteiger partial charge < -0.3 is 10.1 Å². The van der Waals surface area contributed by atoms with Crippen LogP contribution in [0.25, 0.3) is 0 Å². The van der Waals surface area contributed by atoms with Crippen LogP contribution in [0.15, 0.2) is 24.3 Å². The second-order valence-corrected chi connectivity index (χ2v) is 5.28. The highest BCUT2D eigenvalue weighted by atomic mass is 16.5. The van der Waals surface area contributed by atoms with Crippen molar-refractivity contribution in [2.75, 3.05) is 13.2 Å². The minimum Gasteiger partial charge on any atom is -0.494 e. The van der Waals surface area contributed by atoms with Crippen molar-refractivity contribution >= 4 is 0 Å². The van der Waals surface area contributed by atoms with E-state index in [9.17, 15) is 0 Å². The molecule has 0 spiro atoms. The average molecular weight is 249 g/mol. The lowest BCUT2D eigenvalue weighted by Gasteiger charge is -2.14. The highest BCUT2D eigenvalue weighted by molar-refractivity contribution is 5.28. The first-order chi connectivity index (χ1) is 8.63. The lowest BCUT2D eigenvalue weighted by Crippen LogP contribution is -2.19. The molecule has 1 atom stereocenters. The van der Waals surface area contributed by atoms with Crippen molar-refractivity contribution in [2.45, 2.75) is 46.6 Å². The molecular weight excluding hydrogens is 222 g/mol. The van der Waals surface area contributed by atoms with Crippen LogP contribution >= 0.6 is 0 Å². The van der Waals surface area contributed by atoms with E-state index in [2.05, 4.69) is 57.3 Å². The van der Waals surface area contributed by atoms with Crippen LogP contribution in [-0.4, -0.2) is 13.2 Å². The summed E-state index contributed by atoms with van der Waals surface area (Å²) >= 11 is 0. The molecule has 0 aliphatic carbocycles. The van der Waals surface area contributed by atoms with Gasteiger partial charge in [-0.3, -0.25) is 0 Å². The van der Waals surface area contributed by atoms with Gasteiger partial charge in [-0.1, -0.05) is 32.9 Å². The number of benzene rings is 1. The monoisotopic (exact) mass is 249 g/mol. The highest BCUT2D eigenvalue weighted by Crippen LogP contribution is 2.18. The van der Waals surface area contributed by atoms with Crippen molar-refractivity contribution in [3.8, 4) is 5.75 Å². The maximum absolute atomic E-state index is 5.71. The lowest BCUT2D eigenvalue weighted by molar-refractivity contribution is 0.289. The van der Waals surface area contributed by atoms with E-state index in [1.165, 1.54) is 12.0 Å². The summed E-state index contributed by atoms with van der Waals surface area (Å²) < 4.78 is 5.71. The molecule has 2 nitrogen and oxygen atoms in total. The molecule has 0 saturated heterocycles. The van der Waals surface area contributed by atoms with Crippen molar-refractivity contribution in [1.29, 1.82) is 0 Å². The van der Waals surface area contributed by atoms with Gasteiger partial charge in [0.25, 0.3) is 0 Å². The molecule has 0 aliphatic heterocycles. The van der Waals surface area contributed by atoms with Gasteiger partial charge in [0.2, 0.25) is 0 Å². The first-order valence-corrected chi connectivity index (χ1v) is 7.09. The van der Waals surface area contributed by atoms with Crippen LogP contribution in [0.1, 0.15) is 52.1 Å². The Bertz CT molecular complexity index is 318. The summed E-state index contributed by atoms with van der Waals surface area (Å²) in [5, 5.41) is 3.49. The fourth-order valence-electron chi connectivity index (χ4n) is 1.74. The molecule has 0 fully saturated rings. The average Bonchev–Trinajstić information content (AvgIpc) is 2.36. The molecule has 1 N–H and O–H groups in total. The van der Waals surface area contributed by atoms with E-state index in [1.54, 1.807) is 0 Å². The zero-order chi connectivity index (χ0) is 13.4. The van der Waals surface area contributed by atoms with Gasteiger partial charge in [0.15, 0.2) is 0 Å². The van der Waals surface area contributed by atoms with E-state index in [4.69, 9.17) is 4.74 Å². The largest absolute Gasteiger partial charge is 0.494 e. The summed E-state index contributed by atoms with van der Waals surface area (Å²) in [5.41, 5.74) is 1.32. The van der Waals surface area contributed by atoms with Crippen LogP contribution < -0.4 is 10.1 Å². The molecule has 0 radical (unpaired) electrons. The maximum atomic E-state index is 5.71. The van der Waals surface area contributed by atoms with E-state index in [0.717, 1.165) is 25.3 Å². The Morgan fingerprint density at radius 2 is 1.78 bits per heavy atom. The van der Waals surface area contributed by atoms with E-state index < -0.39 is 0 Å². The number of hydrogen-bond donors (Lipinski definition) is 1. The Labute approximate surface area is 112 Å². The van der Waals surface area contributed by atoms with Crippen molar-refractivity contribution < 1.29 is 4.74 Å². The zero-order valence-corrected chi connectivity index (χ0v) is 12.2. The number of rotatable bonds is 8. The number of hydrogen-bond acceptors (Lipinski definition) is 2. The summed E-state index contributed by atoms with van der Waals surface area (Å²) in [5.74, 6) is 1.67. The van der Waals surface area contributed by atoms with E-state index in [-0.39, 0.29) is 0 Å². The van der Waals surface area contributed by atoms with Crippen LogP contribution in [-0.2, 0) is 0 Å². The molecule has 1 rings (SSSR count). The van der Waals surface area contributed by atoms with E-state index in [1.807, 2.05) is 0 Å². The maximum Gasteiger partial charge on any atom is 0.119 e. The molecule has 1 aromatic rings. The Hall–Kier alpha value is -1.02. The minimum absolute atomic E-state index is 0.412. The standard InChI is InChI=1S/C16H27NO/c1-5-11-17-14(4)15-6-8-16(9-7-15)18-12-10-13(2)3/h6-9,13-14,17H,5,10-12H2,1-4H3. The van der Waals surface area contributed by atoms with Crippen molar-refractivity contribution in [3.05, 3.63) is 29.8 Å². The van der Waals surface area contributed by atoms with Gasteiger partial charge in [0.05, 0.1) is 6.61 Å². The Morgan fingerprint density at radius 1 is 1.11 bits per heavy atom. The summed E-state index contributed by atoms with van der Waals surface area (Å²) in [6, 6.07) is 8.85. The Kier molecular flexibility index (Phi) is 6.81. The zero-order valence-electron chi connectivity index (χ0n) is 12.2. The van der Waals surface area contributed by atoms with Gasteiger partial charge >= 0.3 is 0 Å². The summed E-state index contributed by atoms with van der Waals surface area (Å²) in [6.07, 6.45) is 2.27. The quantitative estimate of drug-likeness (QED) is 0.746. The predicted molar refractivity (Wildman–Crippen MR) is 78.1 cm³/mol. The van der Waals surface area contributed by atoms with Gasteiger partial charge in [-0.2, -0.15) is 0 Å². The number of nitrogens with one attached hydrogen (secondary N) is 1. The van der Waals surface area contributed by atoms with Gasteiger partial charge in [-0.05, 0) is 49.9 Å². The third kappa shape index (κ3) is 5.54. The van der Waals surface area contributed by atoms with Gasteiger partial charge in [0, 0.05) is 6.04 Å². The van der Waals surface area contributed by atoms with E-state index >= 15 is 0 Å². The predicted octanol–water partition coefficient (Wildman–Crippen LogP) is 4.17. The highest BCUT2D eigenvalue weighted by Gasteiger charge is 2.04. The molecule has 0 aromatic heterocycles. The minimum atomic E-state index is 0.412. The molecule has 1 aromatic carbocycles. The van der Waals surface area contributed by atoms with Crippen LogP contribution in [0.3, 0.4) is 0 Å². The lowest BCUT2D eigenvalue weighted by atomic mass is 10.1. The fraction of sp³-hybridized carbons (Fsp3) is 0.625. The molecule has 0 heterocycles. The molecular formula is C16H27NO. The normalized spacial score (nSPS) is 12.7. The Balaban J connectivity index is 2.41. The molecule has 0 bridgehead atoms. The topological polar surface area (TPSA) is 21.3 Å². The molecule has 18 heavy (non-hydrogen) atoms.